The van der Waals surface area contributed by atoms with E-state index in [1.807, 2.05) is 0 Å². The van der Waals surface area contributed by atoms with Gasteiger partial charge in [-0.2, -0.15) is 0 Å². The van der Waals surface area contributed by atoms with Crippen LogP contribution in [0.1, 0.15) is 36.0 Å². The van der Waals surface area contributed by atoms with Gasteiger partial charge in [0, 0.05) is 19.3 Å². The largest absolute Gasteiger partial charge is 0.415 e. The highest BCUT2D eigenvalue weighted by atomic mass is 16.7. The monoisotopic (exact) mass is 391 g/mol. The first-order valence-corrected chi connectivity index (χ1v) is 8.21. The molecule has 1 heterocycles. The van der Waals surface area contributed by atoms with Gasteiger partial charge in [-0.25, -0.2) is 14.4 Å². The quantitative estimate of drug-likeness (QED) is 0.366. The maximum absolute atomic E-state index is 12.2. The van der Waals surface area contributed by atoms with E-state index in [1.165, 1.54) is 12.1 Å². The molecule has 1 saturated heterocycles. The first kappa shape index (κ1) is 20.6. The Morgan fingerprint density at radius 1 is 1.07 bits per heavy atom. The number of carbonyl (C=O) groups is 6. The average Bonchev–Trinajstić information content (AvgIpc) is 2.97. The molecule has 1 fully saturated rings. The lowest BCUT2D eigenvalue weighted by Crippen LogP contribution is -2.46. The van der Waals surface area contributed by atoms with E-state index in [0.29, 0.717) is 5.06 Å². The molecule has 0 spiro atoms. The zero-order chi connectivity index (χ0) is 20.7. The van der Waals surface area contributed by atoms with Crippen molar-refractivity contribution in [2.24, 2.45) is 5.73 Å². The highest BCUT2D eigenvalue weighted by Crippen LogP contribution is 2.14. The number of benzene rings is 1. The van der Waals surface area contributed by atoms with E-state index in [9.17, 15) is 28.8 Å². The van der Waals surface area contributed by atoms with Crippen LogP contribution in [0.4, 0.5) is 4.79 Å². The summed E-state index contributed by atoms with van der Waals surface area (Å²) in [6.45, 7) is 0. The Morgan fingerprint density at radius 2 is 1.68 bits per heavy atom. The van der Waals surface area contributed by atoms with Crippen LogP contribution in [0, 0.1) is 0 Å². The number of esters is 1. The van der Waals surface area contributed by atoms with E-state index < -0.39 is 41.8 Å². The van der Waals surface area contributed by atoms with Gasteiger partial charge in [-0.3, -0.25) is 14.4 Å². The average molecular weight is 391 g/mol. The Labute approximate surface area is 158 Å². The molecular formula is C17H17N3O8. The zero-order valence-electron chi connectivity index (χ0n) is 14.6. The topological polar surface area (TPSA) is 162 Å². The molecule has 1 aromatic carbocycles. The molecule has 3 N–H and O–H groups in total. The van der Waals surface area contributed by atoms with E-state index in [0.717, 1.165) is 0 Å². The summed E-state index contributed by atoms with van der Waals surface area (Å²) in [7, 11) is 0. The maximum atomic E-state index is 12.2. The molecule has 0 aliphatic carbocycles. The van der Waals surface area contributed by atoms with Crippen LogP contribution in [0.2, 0.25) is 0 Å². The SMILES string of the molecule is NC(=O)CC[C@H](NC(=O)OC(=O)c1ccccc1)C(=O)ON1C(=O)CCC1=O. The summed E-state index contributed by atoms with van der Waals surface area (Å²) in [5.74, 6) is -4.34. The molecule has 148 valence electrons. The molecule has 1 aliphatic heterocycles. The lowest BCUT2D eigenvalue weighted by atomic mass is 10.1. The fourth-order valence-electron chi connectivity index (χ4n) is 2.24. The standard InChI is InChI=1S/C17H17N3O8/c18-12(21)7-6-11(16(25)28-20-13(22)8-9-14(20)23)19-17(26)27-15(24)10-4-2-1-3-5-10/h1-5,11H,6-9H2,(H2,18,21)(H,19,26)/t11-/m0/s1. The van der Waals surface area contributed by atoms with E-state index >= 15 is 0 Å². The summed E-state index contributed by atoms with van der Waals surface area (Å²) in [6, 6.07) is 6.13. The molecule has 11 nitrogen and oxygen atoms in total. The summed E-state index contributed by atoms with van der Waals surface area (Å²) in [4.78, 5) is 74.8. The molecule has 0 bridgehead atoms. The molecule has 0 aromatic heterocycles. The minimum Gasteiger partial charge on any atom is -0.373 e. The van der Waals surface area contributed by atoms with Gasteiger partial charge in [0.05, 0.1) is 5.56 Å². The van der Waals surface area contributed by atoms with Crippen molar-refractivity contribution in [1.82, 2.24) is 10.4 Å². The summed E-state index contributed by atoms with van der Waals surface area (Å²) < 4.78 is 4.58. The lowest BCUT2D eigenvalue weighted by molar-refractivity contribution is -0.199. The number of ether oxygens (including phenoxy) is 1. The van der Waals surface area contributed by atoms with Crippen molar-refractivity contribution in [3.8, 4) is 0 Å². The van der Waals surface area contributed by atoms with Crippen molar-refractivity contribution in [3.05, 3.63) is 35.9 Å². The van der Waals surface area contributed by atoms with Crippen LogP contribution >= 0.6 is 0 Å². The number of alkyl carbamates (subject to hydrolysis) is 1. The zero-order valence-corrected chi connectivity index (χ0v) is 14.6. The Bertz CT molecular complexity index is 792. The molecule has 0 radical (unpaired) electrons. The normalized spacial score (nSPS) is 14.4. The third-order valence-corrected chi connectivity index (χ3v) is 3.64. The number of imide groups is 1. The molecular weight excluding hydrogens is 374 g/mol. The Hall–Kier alpha value is -3.76. The van der Waals surface area contributed by atoms with Crippen LogP contribution in [-0.2, 0) is 28.8 Å². The third-order valence-electron chi connectivity index (χ3n) is 3.64. The Balaban J connectivity index is 2.00. The predicted octanol–water partition coefficient (Wildman–Crippen LogP) is -0.206. The number of nitrogens with two attached hydrogens (primary N) is 1. The molecule has 1 atom stereocenters. The van der Waals surface area contributed by atoms with Crippen LogP contribution in [0.25, 0.3) is 0 Å². The number of rotatable bonds is 7. The molecule has 0 unspecified atom stereocenters. The molecule has 1 aliphatic rings. The Kier molecular flexibility index (Phi) is 6.79. The first-order valence-electron chi connectivity index (χ1n) is 8.21. The van der Waals surface area contributed by atoms with Gasteiger partial charge in [0.2, 0.25) is 5.91 Å². The summed E-state index contributed by atoms with van der Waals surface area (Å²) in [5, 5.41) is 2.36. The van der Waals surface area contributed by atoms with Crippen molar-refractivity contribution in [2.45, 2.75) is 31.7 Å². The van der Waals surface area contributed by atoms with Crippen LogP contribution in [0.15, 0.2) is 30.3 Å². The fraction of sp³-hybridized carbons (Fsp3) is 0.294. The van der Waals surface area contributed by atoms with Gasteiger partial charge in [0.15, 0.2) is 0 Å². The van der Waals surface area contributed by atoms with Crippen LogP contribution in [0.3, 0.4) is 0 Å². The van der Waals surface area contributed by atoms with E-state index in [-0.39, 0.29) is 31.2 Å². The fourth-order valence-corrected chi connectivity index (χ4v) is 2.24. The van der Waals surface area contributed by atoms with Crippen molar-refractivity contribution in [1.29, 1.82) is 0 Å². The van der Waals surface area contributed by atoms with Crippen molar-refractivity contribution in [2.75, 3.05) is 0 Å². The van der Waals surface area contributed by atoms with Gasteiger partial charge >= 0.3 is 18.0 Å². The van der Waals surface area contributed by atoms with Gasteiger partial charge in [-0.1, -0.05) is 18.2 Å². The molecule has 4 amide bonds. The smallest absolute Gasteiger partial charge is 0.373 e. The molecule has 0 saturated carbocycles. The number of carbonyl (C=O) groups excluding carboxylic acids is 6. The minimum atomic E-state index is -1.48. The number of hydroxylamine groups is 2. The lowest BCUT2D eigenvalue weighted by Gasteiger charge is -2.19. The van der Waals surface area contributed by atoms with Gasteiger partial charge in [-0.15, -0.1) is 5.06 Å². The number of nitrogens with zero attached hydrogens (tertiary/aromatic N) is 1. The van der Waals surface area contributed by atoms with E-state index in [1.54, 1.807) is 18.2 Å². The number of hydrogen-bond donors (Lipinski definition) is 2. The second-order valence-electron chi connectivity index (χ2n) is 5.74. The molecule has 2 rings (SSSR count). The molecule has 1 aromatic rings. The van der Waals surface area contributed by atoms with E-state index in [2.05, 4.69) is 10.1 Å². The van der Waals surface area contributed by atoms with Crippen LogP contribution in [-0.4, -0.2) is 46.9 Å². The highest BCUT2D eigenvalue weighted by Gasteiger charge is 2.35. The second kappa shape index (κ2) is 9.26. The maximum Gasteiger partial charge on any atom is 0.415 e. The summed E-state index contributed by atoms with van der Waals surface area (Å²) in [5.41, 5.74) is 5.13. The van der Waals surface area contributed by atoms with Gasteiger partial charge in [0.1, 0.15) is 6.04 Å². The van der Waals surface area contributed by atoms with Crippen LogP contribution in [0.5, 0.6) is 0 Å². The van der Waals surface area contributed by atoms with Crippen LogP contribution < -0.4 is 11.1 Å². The highest BCUT2D eigenvalue weighted by molar-refractivity contribution is 6.02. The van der Waals surface area contributed by atoms with Crippen molar-refractivity contribution >= 4 is 35.8 Å². The summed E-state index contributed by atoms with van der Waals surface area (Å²) in [6.07, 6.45) is -2.11. The predicted molar refractivity (Wildman–Crippen MR) is 89.8 cm³/mol. The second-order valence-corrected chi connectivity index (χ2v) is 5.74. The number of nitrogens with one attached hydrogen (secondary N) is 1. The van der Waals surface area contributed by atoms with Crippen molar-refractivity contribution < 1.29 is 38.3 Å². The minimum absolute atomic E-state index is 0.0992. The third kappa shape index (κ3) is 5.62. The number of primary amides is 1. The number of amides is 4. The molecule has 11 heteroatoms. The van der Waals surface area contributed by atoms with Crippen molar-refractivity contribution in [3.63, 3.8) is 0 Å². The number of hydrogen-bond acceptors (Lipinski definition) is 8. The van der Waals surface area contributed by atoms with Gasteiger partial charge in [0.25, 0.3) is 11.8 Å². The first-order chi connectivity index (χ1) is 13.3. The molecule has 28 heavy (non-hydrogen) atoms. The van der Waals surface area contributed by atoms with E-state index in [4.69, 9.17) is 10.6 Å². The van der Waals surface area contributed by atoms with Gasteiger partial charge < -0.3 is 20.6 Å². The van der Waals surface area contributed by atoms with Gasteiger partial charge in [-0.05, 0) is 18.6 Å². The summed E-state index contributed by atoms with van der Waals surface area (Å²) >= 11 is 0. The Morgan fingerprint density at radius 3 is 2.25 bits per heavy atom.